The van der Waals surface area contributed by atoms with E-state index >= 15 is 0 Å². The van der Waals surface area contributed by atoms with Crippen LogP contribution in [-0.4, -0.2) is 41.6 Å². The van der Waals surface area contributed by atoms with Crippen LogP contribution in [0.4, 0.5) is 0 Å². The SMILES string of the molecule is [CH2]CCC(=O)NC(C(=O)N[C@@H](C)C(=O)NC1CCC(=O)CC1)C(C)C. The predicted molar refractivity (Wildman–Crippen MR) is 94.4 cm³/mol. The van der Waals surface area contributed by atoms with E-state index in [1.807, 2.05) is 13.8 Å². The van der Waals surface area contributed by atoms with Gasteiger partial charge in [-0.3, -0.25) is 19.2 Å². The fourth-order valence-corrected chi connectivity index (χ4v) is 2.72. The van der Waals surface area contributed by atoms with Crippen LogP contribution in [0.2, 0.25) is 0 Å². The largest absolute Gasteiger partial charge is 0.352 e. The highest BCUT2D eigenvalue weighted by Crippen LogP contribution is 2.14. The number of nitrogens with one attached hydrogen (secondary N) is 3. The molecule has 0 saturated heterocycles. The molecule has 1 saturated carbocycles. The average molecular weight is 352 g/mol. The fourth-order valence-electron chi connectivity index (χ4n) is 2.72. The van der Waals surface area contributed by atoms with E-state index in [4.69, 9.17) is 0 Å². The van der Waals surface area contributed by atoms with Gasteiger partial charge in [0.2, 0.25) is 17.7 Å². The summed E-state index contributed by atoms with van der Waals surface area (Å²) in [6, 6.07) is -1.43. The van der Waals surface area contributed by atoms with Gasteiger partial charge < -0.3 is 16.0 Å². The Bertz CT molecular complexity index is 495. The molecule has 0 aliphatic heterocycles. The van der Waals surface area contributed by atoms with E-state index in [2.05, 4.69) is 22.9 Å². The van der Waals surface area contributed by atoms with E-state index in [0.717, 1.165) is 0 Å². The minimum atomic E-state index is -0.712. The number of hydrogen-bond acceptors (Lipinski definition) is 4. The second-order valence-corrected chi connectivity index (χ2v) is 6.94. The number of hydrogen-bond donors (Lipinski definition) is 3. The monoisotopic (exact) mass is 352 g/mol. The summed E-state index contributed by atoms with van der Waals surface area (Å²) in [5.74, 6) is -0.765. The molecule has 2 atom stereocenters. The summed E-state index contributed by atoms with van der Waals surface area (Å²) in [5.41, 5.74) is 0. The van der Waals surface area contributed by atoms with E-state index in [1.54, 1.807) is 6.92 Å². The lowest BCUT2D eigenvalue weighted by atomic mass is 9.94. The summed E-state index contributed by atoms with van der Waals surface area (Å²) in [5, 5.41) is 8.22. The Hall–Kier alpha value is -1.92. The number of carbonyl (C=O) groups is 4. The van der Waals surface area contributed by atoms with Crippen LogP contribution in [0, 0.1) is 12.8 Å². The second-order valence-electron chi connectivity index (χ2n) is 6.94. The van der Waals surface area contributed by atoms with Gasteiger partial charge in [-0.25, -0.2) is 0 Å². The Morgan fingerprint density at radius 2 is 1.68 bits per heavy atom. The zero-order chi connectivity index (χ0) is 19.0. The first kappa shape index (κ1) is 21.1. The van der Waals surface area contributed by atoms with Gasteiger partial charge >= 0.3 is 0 Å². The Labute approximate surface area is 149 Å². The van der Waals surface area contributed by atoms with Gasteiger partial charge in [-0.2, -0.15) is 0 Å². The van der Waals surface area contributed by atoms with Crippen molar-refractivity contribution < 1.29 is 19.2 Å². The van der Waals surface area contributed by atoms with Crippen molar-refractivity contribution in [1.29, 1.82) is 0 Å². The van der Waals surface area contributed by atoms with Gasteiger partial charge in [0.1, 0.15) is 17.9 Å². The molecule has 1 aliphatic rings. The van der Waals surface area contributed by atoms with Gasteiger partial charge in [0.15, 0.2) is 0 Å². The van der Waals surface area contributed by atoms with Crippen LogP contribution in [-0.2, 0) is 19.2 Å². The highest BCUT2D eigenvalue weighted by atomic mass is 16.2. The predicted octanol–water partition coefficient (Wildman–Crippen LogP) is 0.874. The van der Waals surface area contributed by atoms with Crippen LogP contribution >= 0.6 is 0 Å². The molecule has 1 rings (SSSR count). The topological polar surface area (TPSA) is 104 Å². The lowest BCUT2D eigenvalue weighted by Gasteiger charge is -2.26. The third-order valence-corrected chi connectivity index (χ3v) is 4.31. The lowest BCUT2D eigenvalue weighted by molar-refractivity contribution is -0.133. The molecule has 0 aromatic rings. The minimum Gasteiger partial charge on any atom is -0.352 e. The van der Waals surface area contributed by atoms with Crippen LogP contribution in [0.3, 0.4) is 0 Å². The summed E-state index contributed by atoms with van der Waals surface area (Å²) < 4.78 is 0. The van der Waals surface area contributed by atoms with Crippen LogP contribution in [0.25, 0.3) is 0 Å². The molecular weight excluding hydrogens is 322 g/mol. The maximum atomic E-state index is 12.4. The van der Waals surface area contributed by atoms with Gasteiger partial charge in [0.25, 0.3) is 0 Å². The van der Waals surface area contributed by atoms with Gasteiger partial charge in [0, 0.05) is 25.3 Å². The quantitative estimate of drug-likeness (QED) is 0.603. The first-order valence-electron chi connectivity index (χ1n) is 8.95. The molecule has 1 fully saturated rings. The molecule has 7 nitrogen and oxygen atoms in total. The number of carbonyl (C=O) groups excluding carboxylic acids is 4. The van der Waals surface area contributed by atoms with E-state index in [-0.39, 0.29) is 41.9 Å². The molecule has 7 heteroatoms. The Balaban J connectivity index is 2.52. The van der Waals surface area contributed by atoms with Crippen molar-refractivity contribution in [2.75, 3.05) is 0 Å². The normalized spacial score (nSPS) is 17.7. The van der Waals surface area contributed by atoms with Crippen molar-refractivity contribution in [2.45, 2.75) is 77.4 Å². The van der Waals surface area contributed by atoms with Crippen molar-refractivity contribution in [1.82, 2.24) is 16.0 Å². The summed E-state index contributed by atoms with van der Waals surface area (Å²) >= 11 is 0. The maximum absolute atomic E-state index is 12.4. The smallest absolute Gasteiger partial charge is 0.243 e. The molecule has 141 valence electrons. The van der Waals surface area contributed by atoms with Crippen molar-refractivity contribution >= 4 is 23.5 Å². The molecule has 1 radical (unpaired) electrons. The summed E-state index contributed by atoms with van der Waals surface area (Å²) in [6.07, 6.45) is 2.97. The van der Waals surface area contributed by atoms with E-state index < -0.39 is 12.1 Å². The van der Waals surface area contributed by atoms with E-state index in [9.17, 15) is 19.2 Å². The van der Waals surface area contributed by atoms with Gasteiger partial charge in [-0.1, -0.05) is 20.8 Å². The van der Waals surface area contributed by atoms with Crippen molar-refractivity contribution in [3.05, 3.63) is 6.92 Å². The molecule has 0 heterocycles. The van der Waals surface area contributed by atoms with Gasteiger partial charge in [-0.15, -0.1) is 0 Å². The molecule has 3 amide bonds. The van der Waals surface area contributed by atoms with Crippen molar-refractivity contribution in [2.24, 2.45) is 5.92 Å². The highest BCUT2D eigenvalue weighted by molar-refractivity contribution is 5.92. The van der Waals surface area contributed by atoms with E-state index in [0.29, 0.717) is 32.1 Å². The maximum Gasteiger partial charge on any atom is 0.243 e. The van der Waals surface area contributed by atoms with Crippen LogP contribution < -0.4 is 16.0 Å². The molecule has 0 spiro atoms. The summed E-state index contributed by atoms with van der Waals surface area (Å²) in [6.45, 7) is 8.89. The van der Waals surface area contributed by atoms with Crippen LogP contribution in [0.1, 0.15) is 59.3 Å². The van der Waals surface area contributed by atoms with Crippen LogP contribution in [0.5, 0.6) is 0 Å². The minimum absolute atomic E-state index is 0.0257. The van der Waals surface area contributed by atoms with Crippen LogP contribution in [0.15, 0.2) is 0 Å². The van der Waals surface area contributed by atoms with Gasteiger partial charge in [0.05, 0.1) is 0 Å². The van der Waals surface area contributed by atoms with Crippen molar-refractivity contribution in [3.8, 4) is 0 Å². The Morgan fingerprint density at radius 1 is 1.08 bits per heavy atom. The molecule has 0 bridgehead atoms. The first-order chi connectivity index (χ1) is 11.7. The second kappa shape index (κ2) is 10.2. The molecule has 0 aromatic heterocycles. The number of ketones is 1. The van der Waals surface area contributed by atoms with E-state index in [1.165, 1.54) is 0 Å². The summed E-state index contributed by atoms with van der Waals surface area (Å²) in [7, 11) is 0. The molecule has 1 aliphatic carbocycles. The van der Waals surface area contributed by atoms with Gasteiger partial charge in [-0.05, 0) is 32.1 Å². The molecule has 3 N–H and O–H groups in total. The Kier molecular flexibility index (Phi) is 8.58. The molecular formula is C18H30N3O4. The highest BCUT2D eigenvalue weighted by Gasteiger charge is 2.28. The fraction of sp³-hybridized carbons (Fsp3) is 0.722. The third-order valence-electron chi connectivity index (χ3n) is 4.31. The number of rotatable bonds is 8. The summed E-state index contributed by atoms with van der Waals surface area (Å²) in [4.78, 5) is 47.6. The molecule has 25 heavy (non-hydrogen) atoms. The number of amides is 3. The molecule has 1 unspecified atom stereocenters. The lowest BCUT2D eigenvalue weighted by Crippen LogP contribution is -2.55. The average Bonchev–Trinajstić information content (AvgIpc) is 2.54. The molecule has 0 aromatic carbocycles. The third kappa shape index (κ3) is 7.23. The Morgan fingerprint density at radius 3 is 2.20 bits per heavy atom. The zero-order valence-corrected chi connectivity index (χ0v) is 15.4. The first-order valence-corrected chi connectivity index (χ1v) is 8.95. The standard InChI is InChI=1S/C18H30N3O4/c1-5-6-15(23)21-16(11(2)3)18(25)19-12(4)17(24)20-13-7-9-14(22)10-8-13/h11-13,16H,1,5-10H2,2-4H3,(H,19,25)(H,20,24)(H,21,23)/t12-,16?/m0/s1. The number of Topliss-reactive ketones (excluding diaryl/α,β-unsaturated/α-hetero) is 1. The zero-order valence-electron chi connectivity index (χ0n) is 15.4. The van der Waals surface area contributed by atoms with Crippen molar-refractivity contribution in [3.63, 3.8) is 0 Å².